The SMILES string of the molecule is [CH2][C@]1(C)[C@H](C)C1(Cl)Cl. The molecule has 1 rings (SSSR count). The molecule has 0 saturated heterocycles. The molecule has 1 aliphatic carbocycles. The summed E-state index contributed by atoms with van der Waals surface area (Å²) in [6, 6.07) is 0. The molecule has 47 valence electrons. The maximum Gasteiger partial charge on any atom is 0.127 e. The molecule has 2 atom stereocenters. The van der Waals surface area contributed by atoms with Crippen LogP contribution in [0.3, 0.4) is 0 Å². The van der Waals surface area contributed by atoms with E-state index in [1.165, 1.54) is 0 Å². The van der Waals surface area contributed by atoms with Crippen molar-refractivity contribution in [2.75, 3.05) is 0 Å². The smallest absolute Gasteiger partial charge is 0.101 e. The molecular weight excluding hydrogens is 143 g/mol. The lowest BCUT2D eigenvalue weighted by atomic mass is 10.1. The summed E-state index contributed by atoms with van der Waals surface area (Å²) in [4.78, 5) is 0. The molecule has 1 radical (unpaired) electrons. The normalized spacial score (nSPS) is 39.4. The molecule has 1 saturated carbocycles. The van der Waals surface area contributed by atoms with Gasteiger partial charge >= 0.3 is 0 Å². The topological polar surface area (TPSA) is 0 Å². The first-order valence-corrected chi connectivity index (χ1v) is 3.39. The largest absolute Gasteiger partial charge is 0.127 e. The van der Waals surface area contributed by atoms with Crippen LogP contribution in [0.2, 0.25) is 0 Å². The van der Waals surface area contributed by atoms with Gasteiger partial charge in [0, 0.05) is 5.41 Å². The second-order valence-electron chi connectivity index (χ2n) is 2.76. The van der Waals surface area contributed by atoms with E-state index in [-0.39, 0.29) is 5.41 Å². The minimum Gasteiger partial charge on any atom is -0.101 e. The Labute approximate surface area is 60.2 Å². The molecule has 0 aromatic heterocycles. The summed E-state index contributed by atoms with van der Waals surface area (Å²) in [7, 11) is 0. The lowest BCUT2D eigenvalue weighted by Crippen LogP contribution is -1.96. The van der Waals surface area contributed by atoms with Gasteiger partial charge in [0.05, 0.1) is 0 Å². The van der Waals surface area contributed by atoms with E-state index < -0.39 is 4.33 Å². The highest BCUT2D eigenvalue weighted by atomic mass is 35.5. The minimum absolute atomic E-state index is 0.115. The third-order valence-corrected chi connectivity index (χ3v) is 3.70. The van der Waals surface area contributed by atoms with Gasteiger partial charge in [0.1, 0.15) is 4.33 Å². The van der Waals surface area contributed by atoms with E-state index in [1.807, 2.05) is 13.8 Å². The van der Waals surface area contributed by atoms with Crippen molar-refractivity contribution in [3.63, 3.8) is 0 Å². The number of alkyl halides is 2. The van der Waals surface area contributed by atoms with Gasteiger partial charge in [0.2, 0.25) is 0 Å². The van der Waals surface area contributed by atoms with Gasteiger partial charge in [-0.25, -0.2) is 0 Å². The van der Waals surface area contributed by atoms with Gasteiger partial charge in [-0.1, -0.05) is 13.8 Å². The van der Waals surface area contributed by atoms with Crippen molar-refractivity contribution in [3.05, 3.63) is 6.92 Å². The van der Waals surface area contributed by atoms with E-state index in [2.05, 4.69) is 6.92 Å². The number of rotatable bonds is 0. The van der Waals surface area contributed by atoms with Gasteiger partial charge in [-0.3, -0.25) is 0 Å². The average Bonchev–Trinajstić information content (AvgIpc) is 1.88. The predicted molar refractivity (Wildman–Crippen MR) is 37.1 cm³/mol. The molecule has 1 aliphatic rings. The molecular formula is C6H9Cl2. The maximum absolute atomic E-state index is 5.79. The fourth-order valence-electron chi connectivity index (χ4n) is 0.803. The van der Waals surface area contributed by atoms with E-state index in [0.717, 1.165) is 0 Å². The molecule has 0 nitrogen and oxygen atoms in total. The van der Waals surface area contributed by atoms with Crippen LogP contribution in [0.15, 0.2) is 0 Å². The fraction of sp³-hybridized carbons (Fsp3) is 0.833. The van der Waals surface area contributed by atoms with Crippen molar-refractivity contribution >= 4 is 23.2 Å². The van der Waals surface area contributed by atoms with Crippen molar-refractivity contribution in [1.82, 2.24) is 0 Å². The van der Waals surface area contributed by atoms with E-state index in [1.54, 1.807) is 0 Å². The molecule has 0 N–H and O–H groups in total. The molecule has 0 bridgehead atoms. The van der Waals surface area contributed by atoms with Gasteiger partial charge in [-0.05, 0) is 12.8 Å². The van der Waals surface area contributed by atoms with Crippen LogP contribution in [0.5, 0.6) is 0 Å². The first-order chi connectivity index (χ1) is 3.40. The van der Waals surface area contributed by atoms with Gasteiger partial charge in [-0.15, -0.1) is 23.2 Å². The highest BCUT2D eigenvalue weighted by molar-refractivity contribution is 6.51. The number of halogens is 2. The third kappa shape index (κ3) is 0.534. The third-order valence-electron chi connectivity index (χ3n) is 2.18. The van der Waals surface area contributed by atoms with Crippen LogP contribution in [0.4, 0.5) is 0 Å². The second-order valence-corrected chi connectivity index (χ2v) is 4.15. The van der Waals surface area contributed by atoms with Crippen molar-refractivity contribution < 1.29 is 0 Å². The molecule has 0 unspecified atom stereocenters. The molecule has 0 spiro atoms. The van der Waals surface area contributed by atoms with Gasteiger partial charge in [0.15, 0.2) is 0 Å². The summed E-state index contributed by atoms with van der Waals surface area (Å²) in [6.45, 7) is 7.83. The first kappa shape index (κ1) is 6.70. The van der Waals surface area contributed by atoms with Crippen molar-refractivity contribution in [3.8, 4) is 0 Å². The zero-order chi connectivity index (χ0) is 6.58. The Balaban J connectivity index is 2.72. The highest BCUT2D eigenvalue weighted by Gasteiger charge is 2.67. The summed E-state index contributed by atoms with van der Waals surface area (Å²) in [6.07, 6.45) is 0. The van der Waals surface area contributed by atoms with Crippen LogP contribution < -0.4 is 0 Å². The Bertz CT molecular complexity index is 102. The van der Waals surface area contributed by atoms with E-state index in [9.17, 15) is 0 Å². The average molecular weight is 152 g/mol. The van der Waals surface area contributed by atoms with Gasteiger partial charge < -0.3 is 0 Å². The zero-order valence-corrected chi connectivity index (χ0v) is 6.55. The monoisotopic (exact) mass is 151 g/mol. The maximum atomic E-state index is 5.79. The van der Waals surface area contributed by atoms with E-state index >= 15 is 0 Å². The summed E-state index contributed by atoms with van der Waals surface area (Å²) >= 11 is 11.6. The Morgan fingerprint density at radius 2 is 1.62 bits per heavy atom. The van der Waals surface area contributed by atoms with Gasteiger partial charge in [-0.2, -0.15) is 0 Å². The predicted octanol–water partition coefficient (Wildman–Crippen LogP) is 2.65. The summed E-state index contributed by atoms with van der Waals surface area (Å²) < 4.78 is -0.562. The van der Waals surface area contributed by atoms with Crippen LogP contribution >= 0.6 is 23.2 Å². The Hall–Kier alpha value is 0.580. The lowest BCUT2D eigenvalue weighted by Gasteiger charge is -1.98. The second kappa shape index (κ2) is 1.35. The van der Waals surface area contributed by atoms with Gasteiger partial charge in [0.25, 0.3) is 0 Å². The quantitative estimate of drug-likeness (QED) is 0.468. The van der Waals surface area contributed by atoms with E-state index in [4.69, 9.17) is 23.2 Å². The number of hydrogen-bond acceptors (Lipinski definition) is 0. The van der Waals surface area contributed by atoms with Crippen LogP contribution in [0.1, 0.15) is 13.8 Å². The molecule has 0 heterocycles. The van der Waals surface area contributed by atoms with Crippen LogP contribution in [-0.2, 0) is 0 Å². The summed E-state index contributed by atoms with van der Waals surface area (Å²) in [5.74, 6) is 0.332. The lowest BCUT2D eigenvalue weighted by molar-refractivity contribution is 0.656. The molecule has 1 fully saturated rings. The molecule has 2 heteroatoms. The van der Waals surface area contributed by atoms with Crippen molar-refractivity contribution in [2.24, 2.45) is 11.3 Å². The number of hydrogen-bond donors (Lipinski definition) is 0. The van der Waals surface area contributed by atoms with Crippen molar-refractivity contribution in [1.29, 1.82) is 0 Å². The van der Waals surface area contributed by atoms with Crippen LogP contribution in [-0.4, -0.2) is 4.33 Å². The molecule has 8 heavy (non-hydrogen) atoms. The standard InChI is InChI=1S/C6H9Cl2/c1-4-5(2,3)6(4,7)8/h4H,2H2,1,3H3/t4-,5-/m0/s1. The molecule has 0 aromatic carbocycles. The Morgan fingerprint density at radius 1 is 1.50 bits per heavy atom. The zero-order valence-electron chi connectivity index (χ0n) is 5.04. The molecule has 0 aromatic rings. The Morgan fingerprint density at radius 3 is 1.62 bits per heavy atom. The first-order valence-electron chi connectivity index (χ1n) is 2.64. The Kier molecular flexibility index (Phi) is 1.13. The van der Waals surface area contributed by atoms with Crippen molar-refractivity contribution in [2.45, 2.75) is 18.2 Å². The fourth-order valence-corrected chi connectivity index (χ4v) is 1.50. The van der Waals surface area contributed by atoms with E-state index in [0.29, 0.717) is 5.92 Å². The summed E-state index contributed by atoms with van der Waals surface area (Å²) in [5.41, 5.74) is -0.115. The molecule has 0 aliphatic heterocycles. The summed E-state index contributed by atoms with van der Waals surface area (Å²) in [5, 5.41) is 0. The minimum atomic E-state index is -0.562. The van der Waals surface area contributed by atoms with Crippen LogP contribution in [0, 0.1) is 18.3 Å². The molecule has 0 amide bonds. The highest BCUT2D eigenvalue weighted by Crippen LogP contribution is 2.67. The van der Waals surface area contributed by atoms with Crippen LogP contribution in [0.25, 0.3) is 0 Å².